The molecule has 3 aliphatic rings. The summed E-state index contributed by atoms with van der Waals surface area (Å²) in [5, 5.41) is 6.21. The summed E-state index contributed by atoms with van der Waals surface area (Å²) in [6.07, 6.45) is 12.1. The number of rotatable bonds is 0. The van der Waals surface area contributed by atoms with Crippen molar-refractivity contribution in [3.05, 3.63) is 36.6 Å². The highest BCUT2D eigenvalue weighted by atomic mass is 16.2. The van der Waals surface area contributed by atoms with Gasteiger partial charge in [0.25, 0.3) is 0 Å². The van der Waals surface area contributed by atoms with Crippen molar-refractivity contribution in [2.45, 2.75) is 12.1 Å². The molecule has 4 atom stereocenters. The molecule has 0 aromatic rings. The van der Waals surface area contributed by atoms with Gasteiger partial charge in [-0.3, -0.25) is 4.79 Å². The molecule has 1 amide bonds. The Bertz CT molecular complexity index is 356. The quantitative estimate of drug-likeness (QED) is 0.575. The van der Waals surface area contributed by atoms with E-state index < -0.39 is 0 Å². The van der Waals surface area contributed by atoms with E-state index in [2.05, 4.69) is 22.8 Å². The zero-order valence-electron chi connectivity index (χ0n) is 7.68. The third-order valence-corrected chi connectivity index (χ3v) is 3.20. The number of hydrogen-bond acceptors (Lipinski definition) is 2. The summed E-state index contributed by atoms with van der Waals surface area (Å²) >= 11 is 0. The van der Waals surface area contributed by atoms with E-state index in [9.17, 15) is 4.79 Å². The molecule has 0 saturated carbocycles. The lowest BCUT2D eigenvalue weighted by Gasteiger charge is -2.23. The Morgan fingerprint density at radius 3 is 2.86 bits per heavy atom. The summed E-state index contributed by atoms with van der Waals surface area (Å²) in [6.45, 7) is 0. The van der Waals surface area contributed by atoms with Crippen LogP contribution in [0.1, 0.15) is 0 Å². The second kappa shape index (κ2) is 2.82. The molecule has 0 bridgehead atoms. The van der Waals surface area contributed by atoms with Crippen LogP contribution in [0.3, 0.4) is 0 Å². The molecule has 4 unspecified atom stereocenters. The maximum absolute atomic E-state index is 11.7. The largest absolute Gasteiger partial charge is 0.333 e. The van der Waals surface area contributed by atoms with Crippen molar-refractivity contribution in [2.75, 3.05) is 0 Å². The summed E-state index contributed by atoms with van der Waals surface area (Å²) in [7, 11) is 0. The highest BCUT2D eigenvalue weighted by Gasteiger charge is 2.44. The number of amides is 1. The monoisotopic (exact) mass is 188 g/mol. The van der Waals surface area contributed by atoms with E-state index in [1.807, 2.05) is 18.2 Å². The van der Waals surface area contributed by atoms with Gasteiger partial charge in [0.1, 0.15) is 0 Å². The Morgan fingerprint density at radius 2 is 1.93 bits per heavy atom. The van der Waals surface area contributed by atoms with Gasteiger partial charge in [-0.25, -0.2) is 0 Å². The molecule has 2 heterocycles. The number of allylic oxidation sites excluding steroid dienone is 2. The zero-order chi connectivity index (χ0) is 9.54. The first-order valence-corrected chi connectivity index (χ1v) is 4.94. The molecule has 14 heavy (non-hydrogen) atoms. The van der Waals surface area contributed by atoms with Crippen molar-refractivity contribution in [3.63, 3.8) is 0 Å². The lowest BCUT2D eigenvalue weighted by Crippen LogP contribution is -2.40. The van der Waals surface area contributed by atoms with Gasteiger partial charge in [-0.1, -0.05) is 30.4 Å². The van der Waals surface area contributed by atoms with Gasteiger partial charge in [0.05, 0.1) is 5.92 Å². The Kier molecular flexibility index (Phi) is 1.61. The van der Waals surface area contributed by atoms with Crippen LogP contribution in [0.4, 0.5) is 0 Å². The number of fused-ring (bicyclic) bond motifs is 3. The van der Waals surface area contributed by atoms with Gasteiger partial charge >= 0.3 is 0 Å². The first-order chi connectivity index (χ1) is 6.86. The SMILES string of the molecule is O=C1NC=CC2NC3C=CC=CC3C12. The molecule has 1 aliphatic carbocycles. The van der Waals surface area contributed by atoms with E-state index in [0.29, 0.717) is 12.0 Å². The van der Waals surface area contributed by atoms with Crippen molar-refractivity contribution in [1.29, 1.82) is 0 Å². The molecule has 1 fully saturated rings. The van der Waals surface area contributed by atoms with Crippen LogP contribution in [0, 0.1) is 11.8 Å². The Balaban J connectivity index is 1.97. The predicted octanol–water partition coefficient (Wildman–Crippen LogP) is 0.329. The molecule has 1 saturated heterocycles. The minimum absolute atomic E-state index is 0.0613. The van der Waals surface area contributed by atoms with Crippen molar-refractivity contribution in [2.24, 2.45) is 11.8 Å². The fourth-order valence-electron chi connectivity index (χ4n) is 2.54. The third-order valence-electron chi connectivity index (χ3n) is 3.20. The number of nitrogens with one attached hydrogen (secondary N) is 2. The molecular formula is C11H12N2O. The molecule has 0 aromatic carbocycles. The maximum atomic E-state index is 11.7. The molecular weight excluding hydrogens is 176 g/mol. The van der Waals surface area contributed by atoms with Crippen LogP contribution in [0.25, 0.3) is 0 Å². The second-order valence-corrected chi connectivity index (χ2v) is 3.96. The van der Waals surface area contributed by atoms with E-state index in [4.69, 9.17) is 0 Å². The fourth-order valence-corrected chi connectivity index (χ4v) is 2.54. The minimum Gasteiger partial charge on any atom is -0.333 e. The summed E-state index contributed by atoms with van der Waals surface area (Å²) < 4.78 is 0. The normalized spacial score (nSPS) is 43.3. The number of carbonyl (C=O) groups is 1. The van der Waals surface area contributed by atoms with Gasteiger partial charge in [-0.15, -0.1) is 0 Å². The smallest absolute Gasteiger partial charge is 0.229 e. The van der Waals surface area contributed by atoms with Crippen LogP contribution in [0.5, 0.6) is 0 Å². The second-order valence-electron chi connectivity index (χ2n) is 3.96. The number of carbonyl (C=O) groups excluding carboxylic acids is 1. The topological polar surface area (TPSA) is 41.1 Å². The molecule has 3 heteroatoms. The zero-order valence-corrected chi connectivity index (χ0v) is 7.68. The van der Waals surface area contributed by atoms with E-state index in [1.165, 1.54) is 0 Å². The lowest BCUT2D eigenvalue weighted by molar-refractivity contribution is -0.125. The van der Waals surface area contributed by atoms with Gasteiger partial charge in [-0.05, 0) is 0 Å². The van der Waals surface area contributed by atoms with Crippen LogP contribution >= 0.6 is 0 Å². The van der Waals surface area contributed by atoms with Gasteiger partial charge in [-0.2, -0.15) is 0 Å². The molecule has 0 spiro atoms. The Hall–Kier alpha value is -1.35. The Labute approximate surface area is 82.6 Å². The average Bonchev–Trinajstić information content (AvgIpc) is 2.57. The van der Waals surface area contributed by atoms with E-state index in [1.54, 1.807) is 6.20 Å². The van der Waals surface area contributed by atoms with Crippen molar-refractivity contribution < 1.29 is 4.79 Å². The first-order valence-electron chi connectivity index (χ1n) is 4.94. The van der Waals surface area contributed by atoms with Crippen molar-refractivity contribution >= 4 is 5.91 Å². The van der Waals surface area contributed by atoms with Crippen LogP contribution in [0.2, 0.25) is 0 Å². The third kappa shape index (κ3) is 0.990. The lowest BCUT2D eigenvalue weighted by atomic mass is 9.83. The van der Waals surface area contributed by atoms with Crippen LogP contribution in [-0.2, 0) is 4.79 Å². The molecule has 3 nitrogen and oxygen atoms in total. The van der Waals surface area contributed by atoms with Gasteiger partial charge in [0.15, 0.2) is 0 Å². The predicted molar refractivity (Wildman–Crippen MR) is 53.3 cm³/mol. The highest BCUT2D eigenvalue weighted by molar-refractivity contribution is 5.83. The van der Waals surface area contributed by atoms with Crippen molar-refractivity contribution in [1.82, 2.24) is 10.6 Å². The van der Waals surface area contributed by atoms with Crippen LogP contribution < -0.4 is 10.6 Å². The highest BCUT2D eigenvalue weighted by Crippen LogP contribution is 2.33. The summed E-state index contributed by atoms with van der Waals surface area (Å²) in [5.41, 5.74) is 0. The number of hydrogen-bond donors (Lipinski definition) is 2. The minimum atomic E-state index is 0.0613. The molecule has 72 valence electrons. The van der Waals surface area contributed by atoms with E-state index >= 15 is 0 Å². The van der Waals surface area contributed by atoms with Crippen LogP contribution in [0.15, 0.2) is 36.6 Å². The molecule has 0 aromatic heterocycles. The summed E-state index contributed by atoms with van der Waals surface area (Å²) in [4.78, 5) is 11.7. The molecule has 3 rings (SSSR count). The van der Waals surface area contributed by atoms with Gasteiger partial charge in [0.2, 0.25) is 5.91 Å². The van der Waals surface area contributed by atoms with Crippen molar-refractivity contribution in [3.8, 4) is 0 Å². The molecule has 2 N–H and O–H groups in total. The molecule has 0 radical (unpaired) electrons. The summed E-state index contributed by atoms with van der Waals surface area (Å²) in [5.74, 6) is 0.513. The Morgan fingerprint density at radius 1 is 1.07 bits per heavy atom. The fraction of sp³-hybridized carbons (Fsp3) is 0.364. The standard InChI is InChI=1S/C11H12N2O/c14-11-10-7-3-1-2-4-8(7)13-9(10)5-6-12-11/h1-10,13H,(H,12,14). The summed E-state index contributed by atoms with van der Waals surface area (Å²) in [6, 6.07) is 0.523. The first kappa shape index (κ1) is 8.00. The van der Waals surface area contributed by atoms with Gasteiger partial charge in [0, 0.05) is 24.2 Å². The van der Waals surface area contributed by atoms with Crippen LogP contribution in [-0.4, -0.2) is 18.0 Å². The van der Waals surface area contributed by atoms with E-state index in [0.717, 1.165) is 0 Å². The van der Waals surface area contributed by atoms with Gasteiger partial charge < -0.3 is 10.6 Å². The van der Waals surface area contributed by atoms with E-state index in [-0.39, 0.29) is 17.9 Å². The maximum Gasteiger partial charge on any atom is 0.229 e. The molecule has 2 aliphatic heterocycles. The average molecular weight is 188 g/mol.